The number of ketones is 2. The first-order valence-electron chi connectivity index (χ1n) is 10.6. The summed E-state index contributed by atoms with van der Waals surface area (Å²) in [5.74, 6) is 1.20. The Hall–Kier alpha value is -1.45. The highest BCUT2D eigenvalue weighted by Crippen LogP contribution is 2.65. The third-order valence-corrected chi connectivity index (χ3v) is 8.72. The van der Waals surface area contributed by atoms with Crippen molar-refractivity contribution in [3.8, 4) is 0 Å². The first-order chi connectivity index (χ1) is 12.7. The van der Waals surface area contributed by atoms with Gasteiger partial charge >= 0.3 is 5.97 Å². The second kappa shape index (κ2) is 6.28. The zero-order valence-electron chi connectivity index (χ0n) is 17.0. The smallest absolute Gasteiger partial charge is 0.302 e. The number of Topliss-reactive ketones (excluding diaryl/α,β-unsaturated/α-hetero) is 1. The molecule has 4 aliphatic rings. The van der Waals surface area contributed by atoms with E-state index in [1.54, 1.807) is 6.92 Å². The average Bonchev–Trinajstić information content (AvgIpc) is 2.93. The van der Waals surface area contributed by atoms with Crippen LogP contribution in [-0.2, 0) is 19.1 Å². The van der Waals surface area contributed by atoms with Crippen molar-refractivity contribution in [2.75, 3.05) is 0 Å². The van der Waals surface area contributed by atoms with Gasteiger partial charge in [0, 0.05) is 25.2 Å². The number of rotatable bonds is 2. The van der Waals surface area contributed by atoms with Gasteiger partial charge in [0.25, 0.3) is 0 Å². The molecule has 0 aromatic rings. The number of carbonyl (C=O) groups is 3. The molecule has 0 radical (unpaired) electrons. The Balaban J connectivity index is 1.65. The van der Waals surface area contributed by atoms with E-state index in [2.05, 4.69) is 13.8 Å². The molecule has 0 unspecified atom stereocenters. The molecular weight excluding hydrogens is 340 g/mol. The second-order valence-electron chi connectivity index (χ2n) is 9.99. The van der Waals surface area contributed by atoms with E-state index < -0.39 is 0 Å². The Kier molecular flexibility index (Phi) is 4.40. The third kappa shape index (κ3) is 2.74. The molecule has 0 saturated heterocycles. The highest BCUT2D eigenvalue weighted by atomic mass is 16.5. The summed E-state index contributed by atoms with van der Waals surface area (Å²) in [6.45, 7) is 7.77. The maximum atomic E-state index is 13.2. The highest BCUT2D eigenvalue weighted by molar-refractivity contribution is 5.95. The van der Waals surface area contributed by atoms with Gasteiger partial charge < -0.3 is 4.74 Å². The summed E-state index contributed by atoms with van der Waals surface area (Å²) < 4.78 is 5.45. The van der Waals surface area contributed by atoms with Crippen LogP contribution in [-0.4, -0.2) is 23.6 Å². The van der Waals surface area contributed by atoms with Crippen molar-refractivity contribution in [3.05, 3.63) is 11.6 Å². The van der Waals surface area contributed by atoms with Gasteiger partial charge in [-0.2, -0.15) is 0 Å². The third-order valence-electron chi connectivity index (χ3n) is 8.72. The summed E-state index contributed by atoms with van der Waals surface area (Å²) in [7, 11) is 0. The molecule has 3 fully saturated rings. The SMILES string of the molecule is CC(=O)O[C@@H]1CC[C@@]2(C)C(=CC(=O)[C@H]3[C@@H]4CC[C@H](C(C)=O)[C@@]4(C)CC[C@@H]32)C1. The van der Waals surface area contributed by atoms with Crippen LogP contribution in [0.1, 0.15) is 72.6 Å². The van der Waals surface area contributed by atoms with Gasteiger partial charge in [0.2, 0.25) is 0 Å². The van der Waals surface area contributed by atoms with E-state index in [1.165, 1.54) is 12.5 Å². The lowest BCUT2D eigenvalue weighted by atomic mass is 9.47. The van der Waals surface area contributed by atoms with Crippen LogP contribution in [0.25, 0.3) is 0 Å². The van der Waals surface area contributed by atoms with Crippen molar-refractivity contribution in [1.82, 2.24) is 0 Å². The fourth-order valence-electron chi connectivity index (χ4n) is 7.37. The molecule has 3 saturated carbocycles. The molecule has 4 nitrogen and oxygen atoms in total. The molecule has 0 N–H and O–H groups in total. The number of allylic oxidation sites excluding steroid dienone is 1. The molecule has 4 rings (SSSR count). The summed E-state index contributed by atoms with van der Waals surface area (Å²) in [5, 5.41) is 0. The van der Waals surface area contributed by atoms with E-state index in [4.69, 9.17) is 4.74 Å². The van der Waals surface area contributed by atoms with Crippen LogP contribution >= 0.6 is 0 Å². The van der Waals surface area contributed by atoms with Crippen molar-refractivity contribution in [2.45, 2.75) is 78.7 Å². The number of carbonyl (C=O) groups excluding carboxylic acids is 3. The Morgan fingerprint density at radius 1 is 1.04 bits per heavy atom. The molecular formula is C23H32O4. The monoisotopic (exact) mass is 372 g/mol. The van der Waals surface area contributed by atoms with Crippen molar-refractivity contribution in [1.29, 1.82) is 0 Å². The van der Waals surface area contributed by atoms with Crippen molar-refractivity contribution >= 4 is 17.5 Å². The summed E-state index contributed by atoms with van der Waals surface area (Å²) >= 11 is 0. The second-order valence-corrected chi connectivity index (χ2v) is 9.99. The Morgan fingerprint density at radius 3 is 2.44 bits per heavy atom. The van der Waals surface area contributed by atoms with E-state index in [0.717, 1.165) is 38.5 Å². The van der Waals surface area contributed by atoms with Gasteiger partial charge in [-0.05, 0) is 74.2 Å². The maximum Gasteiger partial charge on any atom is 0.302 e. The number of hydrogen-bond acceptors (Lipinski definition) is 4. The van der Waals surface area contributed by atoms with Gasteiger partial charge in [0.05, 0.1) is 0 Å². The van der Waals surface area contributed by atoms with Gasteiger partial charge in [0.15, 0.2) is 5.78 Å². The van der Waals surface area contributed by atoms with Crippen LogP contribution in [0, 0.1) is 34.5 Å². The van der Waals surface area contributed by atoms with Gasteiger partial charge in [-0.1, -0.05) is 19.4 Å². The standard InChI is InChI=1S/C23H32O4/c1-13(24)17-5-6-18-21-19(8-10-23(17,18)4)22(3)9-7-16(27-14(2)25)11-15(22)12-20(21)26/h12,16-19,21H,5-11H2,1-4H3/t16-,17-,18+,19+,21+,22+,23-/m1/s1. The summed E-state index contributed by atoms with van der Waals surface area (Å²) in [5.41, 5.74) is 1.21. The maximum absolute atomic E-state index is 13.2. The van der Waals surface area contributed by atoms with Crippen LogP contribution in [0.2, 0.25) is 0 Å². The molecule has 4 aliphatic carbocycles. The van der Waals surface area contributed by atoms with E-state index in [0.29, 0.717) is 24.0 Å². The molecule has 7 atom stereocenters. The van der Waals surface area contributed by atoms with Crippen molar-refractivity contribution in [3.63, 3.8) is 0 Å². The minimum atomic E-state index is -0.237. The van der Waals surface area contributed by atoms with E-state index in [9.17, 15) is 14.4 Å². The highest BCUT2D eigenvalue weighted by Gasteiger charge is 2.61. The van der Waals surface area contributed by atoms with E-state index in [-0.39, 0.29) is 40.5 Å². The molecule has 0 heterocycles. The van der Waals surface area contributed by atoms with Gasteiger partial charge in [-0.3, -0.25) is 14.4 Å². The van der Waals surface area contributed by atoms with Crippen LogP contribution in [0.3, 0.4) is 0 Å². The first-order valence-corrected chi connectivity index (χ1v) is 10.6. The topological polar surface area (TPSA) is 60.4 Å². The minimum Gasteiger partial charge on any atom is -0.462 e. The zero-order chi connectivity index (χ0) is 19.6. The zero-order valence-corrected chi connectivity index (χ0v) is 17.0. The minimum absolute atomic E-state index is 0.0146. The lowest BCUT2D eigenvalue weighted by Gasteiger charge is -2.57. The number of fused-ring (bicyclic) bond motifs is 5. The predicted molar refractivity (Wildman–Crippen MR) is 102 cm³/mol. The Bertz CT molecular complexity index is 722. The molecule has 4 heteroatoms. The first kappa shape index (κ1) is 18.9. The predicted octanol–water partition coefficient (Wildman–Crippen LogP) is 4.27. The molecule has 0 amide bonds. The summed E-state index contributed by atoms with van der Waals surface area (Å²) in [4.78, 5) is 36.8. The molecule has 0 spiro atoms. The van der Waals surface area contributed by atoms with Crippen LogP contribution in [0.4, 0.5) is 0 Å². The van der Waals surface area contributed by atoms with Crippen molar-refractivity contribution < 1.29 is 19.1 Å². The quantitative estimate of drug-likeness (QED) is 0.679. The van der Waals surface area contributed by atoms with Crippen LogP contribution in [0.15, 0.2) is 11.6 Å². The number of esters is 1. The van der Waals surface area contributed by atoms with Crippen molar-refractivity contribution in [2.24, 2.45) is 34.5 Å². The van der Waals surface area contributed by atoms with Crippen LogP contribution < -0.4 is 0 Å². The Morgan fingerprint density at radius 2 is 1.78 bits per heavy atom. The molecule has 0 aromatic heterocycles. The lowest BCUT2D eigenvalue weighted by molar-refractivity contribution is -0.149. The molecule has 0 aliphatic heterocycles. The molecule has 148 valence electrons. The number of ether oxygens (including phenoxy) is 1. The number of hydrogen-bond donors (Lipinski definition) is 0. The average molecular weight is 373 g/mol. The van der Waals surface area contributed by atoms with Gasteiger partial charge in [0.1, 0.15) is 11.9 Å². The van der Waals surface area contributed by atoms with Gasteiger partial charge in [-0.15, -0.1) is 0 Å². The lowest BCUT2D eigenvalue weighted by Crippen LogP contribution is -2.54. The van der Waals surface area contributed by atoms with Crippen LogP contribution in [0.5, 0.6) is 0 Å². The molecule has 27 heavy (non-hydrogen) atoms. The van der Waals surface area contributed by atoms with E-state index in [1.807, 2.05) is 6.08 Å². The normalized spacial score (nSPS) is 46.0. The molecule has 0 bridgehead atoms. The van der Waals surface area contributed by atoms with E-state index >= 15 is 0 Å². The largest absolute Gasteiger partial charge is 0.462 e. The molecule has 0 aromatic carbocycles. The Labute approximate surface area is 162 Å². The van der Waals surface area contributed by atoms with Gasteiger partial charge in [-0.25, -0.2) is 0 Å². The fourth-order valence-corrected chi connectivity index (χ4v) is 7.37. The fraction of sp³-hybridized carbons (Fsp3) is 0.783. The summed E-state index contributed by atoms with van der Waals surface area (Å²) in [6, 6.07) is 0. The summed E-state index contributed by atoms with van der Waals surface area (Å²) in [6.07, 6.45) is 8.37.